The first-order valence-electron chi connectivity index (χ1n) is 5.94. The fraction of sp³-hybridized carbons (Fsp3) is 0.600. The van der Waals surface area contributed by atoms with Crippen molar-refractivity contribution in [2.75, 3.05) is 6.35 Å². The first-order chi connectivity index (χ1) is 9.58. The molecule has 0 aromatic carbocycles. The van der Waals surface area contributed by atoms with E-state index in [2.05, 4.69) is 0 Å². The summed E-state index contributed by atoms with van der Waals surface area (Å²) in [5.41, 5.74) is -2.88. The van der Waals surface area contributed by atoms with Crippen LogP contribution in [0.1, 0.15) is 19.6 Å². The lowest BCUT2D eigenvalue weighted by atomic mass is 10.0. The van der Waals surface area contributed by atoms with E-state index >= 15 is 0 Å². The molecule has 118 valence electrons. The van der Waals surface area contributed by atoms with Gasteiger partial charge in [0, 0.05) is 18.7 Å². The molecule has 21 heavy (non-hydrogen) atoms. The van der Waals surface area contributed by atoms with E-state index < -0.39 is 43.3 Å². The Balaban J connectivity index is 2.19. The number of H-pyrrole nitrogens is 1. The van der Waals surface area contributed by atoms with Gasteiger partial charge in [-0.05, 0) is 6.92 Å². The van der Waals surface area contributed by atoms with Crippen molar-refractivity contribution in [2.45, 2.75) is 31.5 Å². The van der Waals surface area contributed by atoms with Crippen molar-refractivity contribution in [1.29, 1.82) is 0 Å². The van der Waals surface area contributed by atoms with E-state index in [9.17, 15) is 19.3 Å². The lowest BCUT2D eigenvalue weighted by molar-refractivity contribution is -0.155. The van der Waals surface area contributed by atoms with E-state index in [1.165, 1.54) is 6.92 Å². The number of aliphatic hydroxyl groups is 1. The molecular weight excluding hydrogens is 307 g/mol. The summed E-state index contributed by atoms with van der Waals surface area (Å²) in [6.45, 7) is 1.38. The number of rotatable bonds is 4. The van der Waals surface area contributed by atoms with Crippen molar-refractivity contribution in [3.63, 3.8) is 0 Å². The van der Waals surface area contributed by atoms with Gasteiger partial charge in [-0.25, -0.2) is 4.79 Å². The van der Waals surface area contributed by atoms with Crippen molar-refractivity contribution in [3.05, 3.63) is 33.1 Å². The van der Waals surface area contributed by atoms with Crippen LogP contribution in [0.25, 0.3) is 0 Å². The Kier molecular flexibility index (Phi) is 4.20. The molecule has 2 rings (SSSR count). The number of ether oxygens (including phenoxy) is 2. The van der Waals surface area contributed by atoms with E-state index in [1.807, 2.05) is 4.98 Å². The maximum absolute atomic E-state index is 11.7. The molecule has 10 nitrogen and oxygen atoms in total. The Bertz CT molecular complexity index is 674. The smallest absolute Gasteiger partial charge is 0.351 e. The SMILES string of the molecule is CC1(O)CC(OCP(=O)(O)O)OC1n1ccc(=O)[nH]c1=O. The number of hydrogen-bond donors (Lipinski definition) is 4. The Hall–Kier alpha value is -1.29. The molecule has 0 spiro atoms. The van der Waals surface area contributed by atoms with Crippen LogP contribution in [0, 0.1) is 0 Å². The van der Waals surface area contributed by atoms with Gasteiger partial charge in [0.05, 0.1) is 0 Å². The fourth-order valence-corrected chi connectivity index (χ4v) is 2.39. The van der Waals surface area contributed by atoms with E-state index in [1.54, 1.807) is 0 Å². The lowest BCUT2D eigenvalue weighted by Gasteiger charge is -2.24. The third-order valence-electron chi connectivity index (χ3n) is 2.93. The van der Waals surface area contributed by atoms with Gasteiger partial charge in [0.15, 0.2) is 18.9 Å². The van der Waals surface area contributed by atoms with Crippen LogP contribution < -0.4 is 11.2 Å². The van der Waals surface area contributed by atoms with Crippen LogP contribution in [0.15, 0.2) is 21.9 Å². The highest BCUT2D eigenvalue weighted by atomic mass is 31.2. The van der Waals surface area contributed by atoms with E-state index in [-0.39, 0.29) is 6.42 Å². The van der Waals surface area contributed by atoms with Gasteiger partial charge in [0.2, 0.25) is 0 Å². The van der Waals surface area contributed by atoms with Crippen molar-refractivity contribution in [2.24, 2.45) is 0 Å². The minimum Gasteiger partial charge on any atom is -0.385 e. The van der Waals surface area contributed by atoms with Gasteiger partial charge in [-0.1, -0.05) is 0 Å². The third-order valence-corrected chi connectivity index (χ3v) is 3.41. The lowest BCUT2D eigenvalue weighted by Crippen LogP contribution is -2.40. The maximum atomic E-state index is 11.7. The molecule has 0 bridgehead atoms. The fourth-order valence-electron chi connectivity index (χ4n) is 2.03. The molecule has 0 amide bonds. The summed E-state index contributed by atoms with van der Waals surface area (Å²) >= 11 is 0. The summed E-state index contributed by atoms with van der Waals surface area (Å²) in [4.78, 5) is 42.2. The monoisotopic (exact) mass is 322 g/mol. The van der Waals surface area contributed by atoms with E-state index in [4.69, 9.17) is 19.3 Å². The molecule has 11 heteroatoms. The molecule has 0 saturated carbocycles. The molecule has 1 saturated heterocycles. The summed E-state index contributed by atoms with van der Waals surface area (Å²) in [7, 11) is -4.37. The largest absolute Gasteiger partial charge is 0.385 e. The van der Waals surface area contributed by atoms with E-state index in [0.29, 0.717) is 0 Å². The van der Waals surface area contributed by atoms with Gasteiger partial charge >= 0.3 is 13.3 Å². The van der Waals surface area contributed by atoms with Gasteiger partial charge in [-0.2, -0.15) is 0 Å². The Morgan fingerprint density at radius 3 is 2.81 bits per heavy atom. The predicted octanol–water partition coefficient (Wildman–Crippen LogP) is -1.32. The number of aromatic amines is 1. The molecule has 3 atom stereocenters. The number of nitrogens with zero attached hydrogens (tertiary/aromatic N) is 1. The van der Waals surface area contributed by atoms with Crippen LogP contribution in [0.5, 0.6) is 0 Å². The second kappa shape index (κ2) is 5.48. The second-order valence-corrected chi connectivity index (χ2v) is 6.54. The summed E-state index contributed by atoms with van der Waals surface area (Å²) in [6, 6.07) is 1.09. The standard InChI is InChI=1S/C10H15N2O8P/c1-10(15)4-7(19-5-21(16,17)18)20-8(10)12-3-2-6(13)11-9(12)14/h2-3,7-8,15H,4-5H2,1H3,(H,11,13,14)(H2,16,17,18). The molecule has 0 radical (unpaired) electrons. The van der Waals surface area contributed by atoms with Crippen LogP contribution in [0.4, 0.5) is 0 Å². The average Bonchev–Trinajstić information content (AvgIpc) is 2.61. The minimum absolute atomic E-state index is 0.0940. The highest BCUT2D eigenvalue weighted by Crippen LogP contribution is 2.40. The van der Waals surface area contributed by atoms with E-state index in [0.717, 1.165) is 16.8 Å². The zero-order valence-electron chi connectivity index (χ0n) is 11.0. The highest BCUT2D eigenvalue weighted by Gasteiger charge is 2.46. The van der Waals surface area contributed by atoms with Gasteiger partial charge in [-0.3, -0.25) is 18.9 Å². The molecule has 1 aromatic heterocycles. The van der Waals surface area contributed by atoms with Crippen molar-refractivity contribution < 1.29 is 28.9 Å². The second-order valence-electron chi connectivity index (χ2n) is 4.96. The number of nitrogens with one attached hydrogen (secondary N) is 1. The molecule has 1 aliphatic heterocycles. The first-order valence-corrected chi connectivity index (χ1v) is 7.74. The van der Waals surface area contributed by atoms with Crippen molar-refractivity contribution in [3.8, 4) is 0 Å². The molecule has 4 N–H and O–H groups in total. The highest BCUT2D eigenvalue weighted by molar-refractivity contribution is 7.51. The minimum atomic E-state index is -4.37. The molecule has 0 aliphatic carbocycles. The van der Waals surface area contributed by atoms with Crippen LogP contribution in [-0.2, 0) is 14.0 Å². The summed E-state index contributed by atoms with van der Waals surface area (Å²) in [6.07, 6.45) is -2.03. The van der Waals surface area contributed by atoms with Crippen molar-refractivity contribution in [1.82, 2.24) is 9.55 Å². The summed E-state index contributed by atoms with van der Waals surface area (Å²) < 4.78 is 21.9. The molecule has 3 unspecified atom stereocenters. The topological polar surface area (TPSA) is 151 Å². The average molecular weight is 322 g/mol. The number of aromatic nitrogens is 2. The maximum Gasteiger partial charge on any atom is 0.351 e. The quantitative estimate of drug-likeness (QED) is 0.498. The van der Waals surface area contributed by atoms with Gasteiger partial charge in [-0.15, -0.1) is 0 Å². The third kappa shape index (κ3) is 3.88. The molecule has 1 aromatic rings. The first kappa shape index (κ1) is 16.1. The molecule has 1 aliphatic rings. The van der Waals surface area contributed by atoms with Crippen LogP contribution in [0.2, 0.25) is 0 Å². The number of hydrogen-bond acceptors (Lipinski definition) is 6. The van der Waals surface area contributed by atoms with Gasteiger partial charge in [0.25, 0.3) is 5.56 Å². The Morgan fingerprint density at radius 2 is 2.24 bits per heavy atom. The predicted molar refractivity (Wildman–Crippen MR) is 68.5 cm³/mol. The summed E-state index contributed by atoms with van der Waals surface area (Å²) in [5, 5.41) is 10.3. The van der Waals surface area contributed by atoms with Crippen molar-refractivity contribution >= 4 is 7.60 Å². The zero-order chi connectivity index (χ0) is 15.8. The summed E-state index contributed by atoms with van der Waals surface area (Å²) in [5.74, 6) is 0. The Morgan fingerprint density at radius 1 is 1.57 bits per heavy atom. The zero-order valence-corrected chi connectivity index (χ0v) is 11.9. The van der Waals surface area contributed by atoms with Crippen LogP contribution in [0.3, 0.4) is 0 Å². The Labute approximate surface area is 118 Å². The molecule has 2 heterocycles. The molecule has 1 fully saturated rings. The van der Waals surface area contributed by atoms with Crippen LogP contribution >= 0.6 is 7.60 Å². The van der Waals surface area contributed by atoms with Crippen LogP contribution in [-0.4, -0.2) is 42.7 Å². The normalized spacial score (nSPS) is 29.7. The van der Waals surface area contributed by atoms with Gasteiger partial charge in [0.1, 0.15) is 5.60 Å². The van der Waals surface area contributed by atoms with Gasteiger partial charge < -0.3 is 24.4 Å². The molecular formula is C10H15N2O8P.